The number of aromatic carboxylic acids is 1. The number of nitrogens with one attached hydrogen (secondary N) is 1. The molecule has 1 N–H and O–H groups in total. The van der Waals surface area contributed by atoms with Crippen LogP contribution in [0, 0.1) is 0 Å². The number of carbonyl (C=O) groups is 2. The second kappa shape index (κ2) is 6.45. The number of benzene rings is 1. The smallest absolute Gasteiger partial charge is 0.261 e. The molecule has 3 rings (SSSR count). The molecule has 124 valence electrons. The molecule has 0 aliphatic rings. The molecule has 2 heterocycles. The summed E-state index contributed by atoms with van der Waals surface area (Å²) in [6.07, 6.45) is 0. The first kappa shape index (κ1) is 16.2. The van der Waals surface area contributed by atoms with Crippen LogP contribution in [0.1, 0.15) is 45.7 Å². The van der Waals surface area contributed by atoms with Gasteiger partial charge in [-0.25, -0.2) is 4.98 Å². The zero-order valence-corrected chi connectivity index (χ0v) is 14.1. The lowest BCUT2D eigenvalue weighted by Gasteiger charge is -2.14. The number of nitrogens with zero attached hydrogens (tertiary/aromatic N) is 2. The van der Waals surface area contributed by atoms with Crippen molar-refractivity contribution >= 4 is 34.2 Å². The summed E-state index contributed by atoms with van der Waals surface area (Å²) in [5.41, 5.74) is 1.49. The highest BCUT2D eigenvalue weighted by atomic mass is 32.1. The van der Waals surface area contributed by atoms with Gasteiger partial charge in [-0.15, -0.1) is 11.3 Å². The fourth-order valence-electron chi connectivity index (χ4n) is 2.68. The molecule has 0 saturated carbocycles. The van der Waals surface area contributed by atoms with Crippen LogP contribution >= 0.6 is 11.3 Å². The molecule has 0 unspecified atom stereocenters. The van der Waals surface area contributed by atoms with Crippen LogP contribution in [0.4, 0.5) is 0 Å². The molecule has 1 atom stereocenters. The number of carboxylic acids is 1. The van der Waals surface area contributed by atoms with Crippen molar-refractivity contribution < 1.29 is 14.7 Å². The lowest BCUT2D eigenvalue weighted by Crippen LogP contribution is -2.28. The lowest BCUT2D eigenvalue weighted by atomic mass is 10.2. The van der Waals surface area contributed by atoms with E-state index in [1.165, 1.54) is 23.5 Å². The number of amides is 1. The third-order valence-corrected chi connectivity index (χ3v) is 4.68. The summed E-state index contributed by atoms with van der Waals surface area (Å²) < 4.78 is 1.97. The molecule has 3 aromatic rings. The second-order valence-electron chi connectivity index (χ2n) is 5.38. The number of carbonyl (C=O) groups excluding carboxylic acids is 2. The Balaban J connectivity index is 1.95. The van der Waals surface area contributed by atoms with Gasteiger partial charge in [-0.1, -0.05) is 12.1 Å². The minimum atomic E-state index is -1.23. The average molecular weight is 342 g/mol. The number of thiophene rings is 1. The molecule has 0 radical (unpaired) electrons. The summed E-state index contributed by atoms with van der Waals surface area (Å²) in [6, 6.07) is 8.00. The van der Waals surface area contributed by atoms with Gasteiger partial charge in [-0.2, -0.15) is 0 Å². The predicted molar refractivity (Wildman–Crippen MR) is 89.9 cm³/mol. The number of carboxylic acid groups (broad SMARTS) is 1. The number of rotatable bonds is 5. The van der Waals surface area contributed by atoms with E-state index >= 15 is 0 Å². The van der Waals surface area contributed by atoms with E-state index in [2.05, 4.69) is 10.3 Å². The Bertz CT molecular complexity index is 899. The summed E-state index contributed by atoms with van der Waals surface area (Å²) in [7, 11) is 0. The first-order valence-corrected chi connectivity index (χ1v) is 8.45. The van der Waals surface area contributed by atoms with E-state index in [0.29, 0.717) is 22.8 Å². The third-order valence-electron chi connectivity index (χ3n) is 3.81. The Kier molecular flexibility index (Phi) is 4.35. The number of hydrogen-bond donors (Lipinski definition) is 1. The molecule has 0 bridgehead atoms. The Morgan fingerprint density at radius 2 is 2.17 bits per heavy atom. The maximum absolute atomic E-state index is 12.2. The summed E-state index contributed by atoms with van der Waals surface area (Å²) in [5, 5.41) is 15.8. The number of fused-ring (bicyclic) bond motifs is 1. The monoisotopic (exact) mass is 342 g/mol. The summed E-state index contributed by atoms with van der Waals surface area (Å²) in [5.74, 6) is -0.695. The van der Waals surface area contributed by atoms with Crippen LogP contribution in [0.5, 0.6) is 0 Å². The maximum Gasteiger partial charge on any atom is 0.261 e. The third kappa shape index (κ3) is 2.90. The van der Waals surface area contributed by atoms with E-state index < -0.39 is 5.97 Å². The fraction of sp³-hybridized carbons (Fsp3) is 0.235. The van der Waals surface area contributed by atoms with Gasteiger partial charge in [0.1, 0.15) is 5.82 Å². The molecule has 0 aliphatic carbocycles. The topological polar surface area (TPSA) is 87.0 Å². The fourth-order valence-corrected chi connectivity index (χ4v) is 3.31. The zero-order valence-electron chi connectivity index (χ0n) is 13.3. The Labute approximate surface area is 142 Å². The van der Waals surface area contributed by atoms with Crippen LogP contribution in [0.15, 0.2) is 35.7 Å². The van der Waals surface area contributed by atoms with Crippen LogP contribution in [0.25, 0.3) is 11.0 Å². The standard InChI is InChI=1S/C17H17N3O3S/c1-3-20-13-7-6-11(17(22)23)9-12(13)19-15(20)10(2)18-16(21)14-5-4-8-24-14/h4-10H,3H2,1-2H3,(H,18,21)(H,22,23)/p-1/t10-/m1/s1. The van der Waals surface area contributed by atoms with Gasteiger partial charge in [0, 0.05) is 6.54 Å². The van der Waals surface area contributed by atoms with Crippen molar-refractivity contribution in [1.29, 1.82) is 0 Å². The molecule has 0 aliphatic heterocycles. The first-order chi connectivity index (χ1) is 11.5. The van der Waals surface area contributed by atoms with Gasteiger partial charge in [0.2, 0.25) is 0 Å². The number of hydrogen-bond acceptors (Lipinski definition) is 5. The molecule has 0 saturated heterocycles. The van der Waals surface area contributed by atoms with Gasteiger partial charge in [-0.3, -0.25) is 4.79 Å². The Hall–Kier alpha value is -2.67. The number of aromatic nitrogens is 2. The van der Waals surface area contributed by atoms with Gasteiger partial charge in [-0.05, 0) is 43.0 Å². The van der Waals surface area contributed by atoms with Crippen LogP contribution in [0.3, 0.4) is 0 Å². The maximum atomic E-state index is 12.2. The minimum Gasteiger partial charge on any atom is -0.545 e. The van der Waals surface area contributed by atoms with E-state index in [-0.39, 0.29) is 17.5 Å². The normalized spacial score (nSPS) is 12.2. The highest BCUT2D eigenvalue weighted by Crippen LogP contribution is 2.22. The highest BCUT2D eigenvalue weighted by molar-refractivity contribution is 7.12. The van der Waals surface area contributed by atoms with Gasteiger partial charge < -0.3 is 19.8 Å². The van der Waals surface area contributed by atoms with Gasteiger partial charge >= 0.3 is 0 Å². The van der Waals surface area contributed by atoms with E-state index in [0.717, 1.165) is 5.52 Å². The minimum absolute atomic E-state index is 0.0880. The Morgan fingerprint density at radius 1 is 1.38 bits per heavy atom. The van der Waals surface area contributed by atoms with Gasteiger partial charge in [0.15, 0.2) is 0 Å². The first-order valence-electron chi connectivity index (χ1n) is 7.57. The largest absolute Gasteiger partial charge is 0.545 e. The van der Waals surface area contributed by atoms with Crippen molar-refractivity contribution in [3.8, 4) is 0 Å². The molecule has 24 heavy (non-hydrogen) atoms. The SMILES string of the molecule is CCn1c([C@@H](C)NC(=O)c2cccs2)nc2cc(C(=O)[O-])ccc21. The van der Waals surface area contributed by atoms with Crippen LogP contribution in [0.2, 0.25) is 0 Å². The predicted octanol–water partition coefficient (Wildman–Crippen LogP) is 1.97. The zero-order chi connectivity index (χ0) is 17.3. The highest BCUT2D eigenvalue weighted by Gasteiger charge is 2.19. The Morgan fingerprint density at radius 3 is 2.79 bits per heavy atom. The van der Waals surface area contributed by atoms with Crippen LogP contribution in [-0.4, -0.2) is 21.4 Å². The number of aryl methyl sites for hydroxylation is 1. The van der Waals surface area contributed by atoms with Crippen molar-refractivity contribution in [3.05, 3.63) is 52.0 Å². The second-order valence-corrected chi connectivity index (χ2v) is 6.33. The summed E-state index contributed by atoms with van der Waals surface area (Å²) >= 11 is 1.38. The molecule has 0 fully saturated rings. The van der Waals surface area contributed by atoms with E-state index in [1.54, 1.807) is 12.1 Å². The van der Waals surface area contributed by atoms with Crippen molar-refractivity contribution in [2.45, 2.75) is 26.4 Å². The van der Waals surface area contributed by atoms with Gasteiger partial charge in [0.25, 0.3) is 5.91 Å². The van der Waals surface area contributed by atoms with E-state index in [4.69, 9.17) is 0 Å². The molecular weight excluding hydrogens is 326 g/mol. The lowest BCUT2D eigenvalue weighted by molar-refractivity contribution is -0.255. The number of imidazole rings is 1. The van der Waals surface area contributed by atoms with Gasteiger partial charge in [0.05, 0.1) is 27.9 Å². The quantitative estimate of drug-likeness (QED) is 0.768. The van der Waals surface area contributed by atoms with E-state index in [9.17, 15) is 14.7 Å². The van der Waals surface area contributed by atoms with Crippen LogP contribution in [-0.2, 0) is 6.54 Å². The van der Waals surface area contributed by atoms with Crippen molar-refractivity contribution in [1.82, 2.24) is 14.9 Å². The molecule has 6 nitrogen and oxygen atoms in total. The molecule has 7 heteroatoms. The molecular formula is C17H16N3O3S-. The van der Waals surface area contributed by atoms with E-state index in [1.807, 2.05) is 29.9 Å². The van der Waals surface area contributed by atoms with Crippen molar-refractivity contribution in [2.24, 2.45) is 0 Å². The molecule has 1 amide bonds. The van der Waals surface area contributed by atoms with Crippen molar-refractivity contribution in [2.75, 3.05) is 0 Å². The average Bonchev–Trinajstić information content (AvgIpc) is 3.21. The molecule has 1 aromatic carbocycles. The van der Waals surface area contributed by atoms with Crippen LogP contribution < -0.4 is 10.4 Å². The molecule has 2 aromatic heterocycles. The summed E-state index contributed by atoms with van der Waals surface area (Å²) in [6.45, 7) is 4.50. The molecule has 0 spiro atoms. The summed E-state index contributed by atoms with van der Waals surface area (Å²) in [4.78, 5) is 28.4. The van der Waals surface area contributed by atoms with Crippen molar-refractivity contribution in [3.63, 3.8) is 0 Å².